The molecule has 1 aliphatic heterocycles. The molecule has 0 spiro atoms. The molecule has 1 aromatic heterocycles. The van der Waals surface area contributed by atoms with Gasteiger partial charge in [0.05, 0.1) is 23.6 Å². The molecule has 1 aliphatic rings. The van der Waals surface area contributed by atoms with Gasteiger partial charge in [-0.3, -0.25) is 9.89 Å². The number of fused-ring (bicyclic) bond motifs is 1. The van der Waals surface area contributed by atoms with E-state index in [1.807, 2.05) is 12.1 Å². The molecular weight excluding hydrogens is 448 g/mol. The van der Waals surface area contributed by atoms with Gasteiger partial charge in [-0.1, -0.05) is 18.2 Å². The van der Waals surface area contributed by atoms with Crippen LogP contribution in [-0.2, 0) is 6.42 Å². The summed E-state index contributed by atoms with van der Waals surface area (Å²) in [5, 5.41) is 31.5. The largest absolute Gasteiger partial charge is 0.505 e. The predicted molar refractivity (Wildman–Crippen MR) is 130 cm³/mol. The van der Waals surface area contributed by atoms with Gasteiger partial charge in [-0.25, -0.2) is 9.48 Å². The molecular formula is C26H22N4O5. The standard InChI is InChI=1S/C26H22N4O5/c1-14-10-17(12-18(11-14)26(33)34)20-4-3-5-21(24(20)31)27-28-23-15(2)29-30(25(23)32)19-6-7-22-16(13-19)8-9-35-22/h3-7,10-13,29,31H,8-9H2,1-2H3,(H,33,34). The molecule has 0 atom stereocenters. The van der Waals surface area contributed by atoms with Crippen LogP contribution >= 0.6 is 0 Å². The number of phenolic OH excluding ortho intramolecular Hbond substituents is 1. The lowest BCUT2D eigenvalue weighted by molar-refractivity contribution is 0.0697. The summed E-state index contributed by atoms with van der Waals surface area (Å²) >= 11 is 0. The number of aromatic nitrogens is 2. The topological polar surface area (TPSA) is 129 Å². The zero-order valence-electron chi connectivity index (χ0n) is 19.1. The Hall–Kier alpha value is -4.66. The number of rotatable bonds is 5. The number of aromatic amines is 1. The quantitative estimate of drug-likeness (QED) is 0.345. The third-order valence-electron chi connectivity index (χ3n) is 5.88. The fraction of sp³-hybridized carbons (Fsp3) is 0.154. The van der Waals surface area contributed by atoms with Gasteiger partial charge in [0, 0.05) is 12.0 Å². The Balaban J connectivity index is 1.50. The number of aromatic carboxylic acids is 1. The van der Waals surface area contributed by atoms with E-state index in [1.165, 1.54) is 10.7 Å². The number of phenols is 1. The molecule has 0 unspecified atom stereocenters. The van der Waals surface area contributed by atoms with Crippen molar-refractivity contribution in [3.63, 3.8) is 0 Å². The van der Waals surface area contributed by atoms with E-state index in [9.17, 15) is 19.8 Å². The Morgan fingerprint density at radius 1 is 1.09 bits per heavy atom. The van der Waals surface area contributed by atoms with Crippen molar-refractivity contribution in [3.05, 3.63) is 87.3 Å². The summed E-state index contributed by atoms with van der Waals surface area (Å²) in [7, 11) is 0. The van der Waals surface area contributed by atoms with Crippen LogP contribution in [0.15, 0.2) is 69.6 Å². The van der Waals surface area contributed by atoms with E-state index < -0.39 is 5.97 Å². The van der Waals surface area contributed by atoms with Crippen LogP contribution in [0.4, 0.5) is 11.4 Å². The predicted octanol–water partition coefficient (Wildman–Crippen LogP) is 5.20. The van der Waals surface area contributed by atoms with Crippen molar-refractivity contribution in [1.29, 1.82) is 0 Å². The van der Waals surface area contributed by atoms with Crippen molar-refractivity contribution in [2.45, 2.75) is 20.3 Å². The lowest BCUT2D eigenvalue weighted by Crippen LogP contribution is -2.14. The molecule has 4 aromatic rings. The Labute approximate surface area is 200 Å². The summed E-state index contributed by atoms with van der Waals surface area (Å²) in [4.78, 5) is 24.5. The molecule has 9 heteroatoms. The first-order valence-corrected chi connectivity index (χ1v) is 11.0. The molecule has 176 valence electrons. The second-order valence-corrected chi connectivity index (χ2v) is 8.38. The maximum atomic E-state index is 13.1. The highest BCUT2D eigenvalue weighted by molar-refractivity contribution is 5.90. The van der Waals surface area contributed by atoms with Gasteiger partial charge in [-0.05, 0) is 66.9 Å². The molecule has 0 radical (unpaired) electrons. The average molecular weight is 470 g/mol. The number of benzene rings is 3. The molecule has 35 heavy (non-hydrogen) atoms. The van der Waals surface area contributed by atoms with Gasteiger partial charge in [-0.2, -0.15) is 0 Å². The molecule has 3 aromatic carbocycles. The van der Waals surface area contributed by atoms with Crippen molar-refractivity contribution >= 4 is 17.3 Å². The molecule has 2 heterocycles. The van der Waals surface area contributed by atoms with Crippen LogP contribution in [0.1, 0.15) is 27.2 Å². The van der Waals surface area contributed by atoms with E-state index in [4.69, 9.17) is 4.74 Å². The first-order valence-electron chi connectivity index (χ1n) is 11.0. The average Bonchev–Trinajstić information content (AvgIpc) is 3.41. The van der Waals surface area contributed by atoms with E-state index >= 15 is 0 Å². The highest BCUT2D eigenvalue weighted by Gasteiger charge is 2.17. The van der Waals surface area contributed by atoms with E-state index in [0.29, 0.717) is 29.1 Å². The van der Waals surface area contributed by atoms with E-state index in [0.717, 1.165) is 23.3 Å². The number of azo groups is 1. The Morgan fingerprint density at radius 3 is 2.71 bits per heavy atom. The number of carbonyl (C=O) groups is 1. The highest BCUT2D eigenvalue weighted by atomic mass is 16.5. The minimum Gasteiger partial charge on any atom is -0.505 e. The van der Waals surface area contributed by atoms with Crippen molar-refractivity contribution < 1.29 is 19.7 Å². The third-order valence-corrected chi connectivity index (χ3v) is 5.88. The van der Waals surface area contributed by atoms with Crippen molar-refractivity contribution in [3.8, 4) is 28.3 Å². The Morgan fingerprint density at radius 2 is 1.91 bits per heavy atom. The van der Waals surface area contributed by atoms with Crippen LogP contribution in [0, 0.1) is 13.8 Å². The lowest BCUT2D eigenvalue weighted by Gasteiger charge is -2.09. The van der Waals surface area contributed by atoms with Crippen molar-refractivity contribution in [2.24, 2.45) is 10.2 Å². The van der Waals surface area contributed by atoms with Crippen molar-refractivity contribution in [2.75, 3.05) is 6.61 Å². The number of aromatic hydroxyl groups is 1. The lowest BCUT2D eigenvalue weighted by atomic mass is 9.99. The number of hydrogen-bond acceptors (Lipinski definition) is 6. The second kappa shape index (κ2) is 8.60. The summed E-state index contributed by atoms with van der Waals surface area (Å²) in [5.74, 6) is -0.393. The number of carboxylic acid groups (broad SMARTS) is 1. The van der Waals surface area contributed by atoms with Gasteiger partial charge >= 0.3 is 5.97 Å². The summed E-state index contributed by atoms with van der Waals surface area (Å²) < 4.78 is 6.93. The minimum atomic E-state index is -1.06. The number of nitrogens with zero attached hydrogens (tertiary/aromatic N) is 3. The molecule has 0 aliphatic carbocycles. The number of hydrogen-bond donors (Lipinski definition) is 3. The first-order chi connectivity index (χ1) is 16.8. The molecule has 9 nitrogen and oxygen atoms in total. The molecule has 0 fully saturated rings. The zero-order valence-corrected chi connectivity index (χ0v) is 19.1. The Kier molecular flexibility index (Phi) is 5.44. The molecule has 0 bridgehead atoms. The molecule has 0 amide bonds. The van der Waals surface area contributed by atoms with Gasteiger partial charge in [0.25, 0.3) is 5.56 Å². The summed E-state index contributed by atoms with van der Waals surface area (Å²) in [6, 6.07) is 15.3. The van der Waals surface area contributed by atoms with E-state index in [1.54, 1.807) is 50.2 Å². The SMILES string of the molecule is Cc1cc(C(=O)O)cc(-c2cccc(N=Nc3c(C)[nH]n(-c4ccc5c(c4)CCO5)c3=O)c2O)c1. The number of para-hydroxylation sites is 1. The van der Waals surface area contributed by atoms with Gasteiger partial charge in [0.2, 0.25) is 0 Å². The maximum Gasteiger partial charge on any atom is 0.335 e. The van der Waals surface area contributed by atoms with E-state index in [2.05, 4.69) is 15.3 Å². The van der Waals surface area contributed by atoms with Crippen LogP contribution in [0.3, 0.4) is 0 Å². The first kappa shape index (κ1) is 22.1. The van der Waals surface area contributed by atoms with Crippen LogP contribution in [0.25, 0.3) is 16.8 Å². The van der Waals surface area contributed by atoms with Gasteiger partial charge in [-0.15, -0.1) is 10.2 Å². The maximum absolute atomic E-state index is 13.1. The minimum absolute atomic E-state index is 0.119. The fourth-order valence-electron chi connectivity index (χ4n) is 4.16. The normalized spacial score (nSPS) is 12.6. The van der Waals surface area contributed by atoms with E-state index in [-0.39, 0.29) is 28.2 Å². The second-order valence-electron chi connectivity index (χ2n) is 8.38. The molecule has 0 saturated heterocycles. The van der Waals surface area contributed by atoms with Gasteiger partial charge in [0.1, 0.15) is 11.4 Å². The number of aryl methyl sites for hydroxylation is 2. The highest BCUT2D eigenvalue weighted by Crippen LogP contribution is 2.38. The number of carboxylic acids is 1. The number of nitrogens with one attached hydrogen (secondary N) is 1. The molecule has 3 N–H and O–H groups in total. The number of ether oxygens (including phenoxy) is 1. The molecule has 5 rings (SSSR count). The molecule has 0 saturated carbocycles. The van der Waals surface area contributed by atoms with Gasteiger partial charge in [0.15, 0.2) is 11.4 Å². The van der Waals surface area contributed by atoms with Crippen LogP contribution < -0.4 is 10.3 Å². The van der Waals surface area contributed by atoms with Crippen LogP contribution in [0.5, 0.6) is 11.5 Å². The van der Waals surface area contributed by atoms with Crippen LogP contribution in [0.2, 0.25) is 0 Å². The number of H-pyrrole nitrogens is 1. The summed E-state index contributed by atoms with van der Waals surface area (Å²) in [6.45, 7) is 4.13. The van der Waals surface area contributed by atoms with Gasteiger partial charge < -0.3 is 14.9 Å². The smallest absolute Gasteiger partial charge is 0.335 e. The Bertz CT molecular complexity index is 1560. The summed E-state index contributed by atoms with van der Waals surface area (Å²) in [5.41, 5.74) is 3.95. The zero-order chi connectivity index (χ0) is 24.7. The monoisotopic (exact) mass is 470 g/mol. The summed E-state index contributed by atoms with van der Waals surface area (Å²) in [6.07, 6.45) is 0.786. The fourth-order valence-corrected chi connectivity index (χ4v) is 4.16. The third kappa shape index (κ3) is 4.08. The van der Waals surface area contributed by atoms with Crippen molar-refractivity contribution in [1.82, 2.24) is 9.78 Å². The van der Waals surface area contributed by atoms with Crippen LogP contribution in [-0.4, -0.2) is 32.6 Å².